The monoisotopic (exact) mass is 502 g/mol. The summed E-state index contributed by atoms with van der Waals surface area (Å²) < 4.78 is 6.68. The van der Waals surface area contributed by atoms with Crippen LogP contribution in [0, 0.1) is 17.3 Å². The minimum Gasteiger partial charge on any atom is -0.461 e. The average molecular weight is 504 g/mol. The molecular weight excluding hydrogens is 480 g/mol. The number of ether oxygens (including phenoxy) is 1. The van der Waals surface area contributed by atoms with Crippen molar-refractivity contribution in [2.24, 2.45) is 17.3 Å². The van der Waals surface area contributed by atoms with E-state index in [0.29, 0.717) is 6.61 Å². The Morgan fingerprint density at radius 2 is 1.86 bits per heavy atom. The van der Waals surface area contributed by atoms with Gasteiger partial charge >= 0.3 is 5.97 Å². The Hall–Kier alpha value is -1.39. The van der Waals surface area contributed by atoms with Gasteiger partial charge < -0.3 is 4.74 Å². The van der Waals surface area contributed by atoms with Gasteiger partial charge in [0.05, 0.1) is 9.31 Å². The van der Waals surface area contributed by atoms with Gasteiger partial charge in [-0.1, -0.05) is 62.4 Å². The molecule has 0 saturated heterocycles. The maximum absolute atomic E-state index is 12.7. The zero-order valence-corrected chi connectivity index (χ0v) is 19.3. The molecule has 1 unspecified atom stereocenters. The number of rotatable bonds is 4. The van der Waals surface area contributed by atoms with Crippen LogP contribution in [-0.2, 0) is 29.0 Å². The van der Waals surface area contributed by atoms with Gasteiger partial charge in [0.15, 0.2) is 0 Å². The van der Waals surface area contributed by atoms with Crippen molar-refractivity contribution in [2.75, 3.05) is 0 Å². The van der Waals surface area contributed by atoms with E-state index >= 15 is 0 Å². The molecule has 2 atom stereocenters. The van der Waals surface area contributed by atoms with E-state index in [9.17, 15) is 4.79 Å². The Morgan fingerprint density at radius 3 is 2.64 bits per heavy atom. The Morgan fingerprint density at radius 1 is 1.11 bits per heavy atom. The molecule has 0 spiro atoms. The predicted molar refractivity (Wildman–Crippen MR) is 120 cm³/mol. The van der Waals surface area contributed by atoms with E-state index in [1.807, 2.05) is 0 Å². The van der Waals surface area contributed by atoms with E-state index in [1.165, 1.54) is 22.3 Å². The fraction of sp³-hybridized carbons (Fsp3) is 0.375. The molecule has 2 aromatic carbocycles. The summed E-state index contributed by atoms with van der Waals surface area (Å²) in [5.41, 5.74) is 6.42. The highest BCUT2D eigenvalue weighted by Gasteiger charge is 2.61. The number of benzene rings is 2. The minimum atomic E-state index is -0.0980. The summed E-state index contributed by atoms with van der Waals surface area (Å²) in [6.07, 6.45) is 5.29. The number of carbonyl (C=O) groups is 1. The third-order valence-electron chi connectivity index (χ3n) is 6.29. The lowest BCUT2D eigenvalue weighted by Gasteiger charge is -2.14. The number of esters is 1. The summed E-state index contributed by atoms with van der Waals surface area (Å²) in [5, 5.41) is 0. The molecule has 0 aliphatic heterocycles. The van der Waals surface area contributed by atoms with Gasteiger partial charge in [-0.2, -0.15) is 0 Å². The Kier molecular flexibility index (Phi) is 5.54. The summed E-state index contributed by atoms with van der Waals surface area (Å²) in [4.78, 5) is 12.7. The molecule has 4 heteroatoms. The van der Waals surface area contributed by atoms with E-state index < -0.39 is 0 Å². The van der Waals surface area contributed by atoms with Crippen LogP contribution >= 0.6 is 31.9 Å². The molecule has 2 aliphatic carbocycles. The summed E-state index contributed by atoms with van der Waals surface area (Å²) in [6, 6.07) is 15.0. The average Bonchev–Trinajstić information content (AvgIpc) is 3.26. The van der Waals surface area contributed by atoms with Crippen LogP contribution in [0.3, 0.4) is 0 Å². The molecule has 28 heavy (non-hydrogen) atoms. The third-order valence-corrected chi connectivity index (χ3v) is 6.82. The highest BCUT2D eigenvalue weighted by Crippen LogP contribution is 2.60. The molecule has 1 saturated carbocycles. The van der Waals surface area contributed by atoms with Crippen molar-refractivity contribution >= 4 is 37.8 Å². The van der Waals surface area contributed by atoms with Crippen LogP contribution in [0.1, 0.15) is 37.0 Å². The molecule has 1 fully saturated rings. The topological polar surface area (TPSA) is 26.3 Å². The number of hydrogen-bond acceptors (Lipinski definition) is 2. The van der Waals surface area contributed by atoms with Gasteiger partial charge in [0, 0.05) is 0 Å². The summed E-state index contributed by atoms with van der Waals surface area (Å²) in [6.45, 7) is 4.59. The molecule has 2 aromatic rings. The SMILES string of the molecule is CC1(C)C(C=C(Br)Br)[C@H]1C(=O)OCc1cccc2c1CCCc1ccccc1-2. The molecule has 0 amide bonds. The molecule has 0 radical (unpaired) electrons. The van der Waals surface area contributed by atoms with Crippen LogP contribution < -0.4 is 0 Å². The molecule has 0 bridgehead atoms. The number of halogens is 2. The normalized spacial score (nSPS) is 21.7. The second-order valence-corrected chi connectivity index (χ2v) is 11.1. The molecule has 2 nitrogen and oxygen atoms in total. The van der Waals surface area contributed by atoms with E-state index in [4.69, 9.17) is 4.74 Å². The van der Waals surface area contributed by atoms with Gasteiger partial charge in [-0.25, -0.2) is 0 Å². The van der Waals surface area contributed by atoms with E-state index in [1.54, 1.807) is 0 Å². The number of aryl methyl sites for hydroxylation is 1. The van der Waals surface area contributed by atoms with Crippen molar-refractivity contribution in [3.63, 3.8) is 0 Å². The van der Waals surface area contributed by atoms with Gasteiger partial charge in [-0.05, 0) is 90.3 Å². The minimum absolute atomic E-state index is 0.0591. The van der Waals surface area contributed by atoms with Crippen LogP contribution in [0.25, 0.3) is 11.1 Å². The van der Waals surface area contributed by atoms with Crippen molar-refractivity contribution in [1.29, 1.82) is 0 Å². The van der Waals surface area contributed by atoms with Crippen LogP contribution in [-0.4, -0.2) is 5.97 Å². The zero-order chi connectivity index (χ0) is 19.9. The number of allylic oxidation sites excluding steroid dienone is 1. The largest absolute Gasteiger partial charge is 0.461 e. The van der Waals surface area contributed by atoms with Crippen LogP contribution in [0.15, 0.2) is 51.9 Å². The molecular formula is C24H24Br2O2. The summed E-state index contributed by atoms with van der Waals surface area (Å²) in [7, 11) is 0. The van der Waals surface area contributed by atoms with Gasteiger partial charge in [0.25, 0.3) is 0 Å². The lowest BCUT2D eigenvalue weighted by Crippen LogP contribution is -2.11. The van der Waals surface area contributed by atoms with Crippen molar-refractivity contribution in [3.8, 4) is 11.1 Å². The van der Waals surface area contributed by atoms with Crippen molar-refractivity contribution in [3.05, 3.63) is 68.6 Å². The number of hydrogen-bond donors (Lipinski definition) is 0. The van der Waals surface area contributed by atoms with Crippen molar-refractivity contribution in [1.82, 2.24) is 0 Å². The Labute approximate surface area is 183 Å². The quantitative estimate of drug-likeness (QED) is 0.429. The van der Waals surface area contributed by atoms with Gasteiger partial charge in [0.1, 0.15) is 6.61 Å². The zero-order valence-electron chi connectivity index (χ0n) is 16.2. The molecule has 4 rings (SSSR count). The van der Waals surface area contributed by atoms with E-state index in [2.05, 4.69) is 94.2 Å². The predicted octanol–water partition coefficient (Wildman–Crippen LogP) is 6.79. The Balaban J connectivity index is 1.53. The highest BCUT2D eigenvalue weighted by molar-refractivity contribution is 9.28. The molecule has 0 N–H and O–H groups in total. The highest BCUT2D eigenvalue weighted by atomic mass is 79.9. The standard InChI is InChI=1S/C24H24Br2O2/c1-24(2)20(13-21(25)26)22(24)23(27)28-14-16-9-6-12-19-17-10-4-3-7-15(17)8-5-11-18(16)19/h3-4,6-7,9-10,12-13,20,22H,5,8,11,14H2,1-2H3/t20?,22-/m0/s1. The third kappa shape index (κ3) is 3.73. The fourth-order valence-electron chi connectivity index (χ4n) is 4.59. The van der Waals surface area contributed by atoms with Crippen molar-refractivity contribution in [2.45, 2.75) is 39.7 Å². The summed E-state index contributed by atoms with van der Waals surface area (Å²) in [5.74, 6) is 0.0216. The maximum atomic E-state index is 12.7. The lowest BCUT2D eigenvalue weighted by molar-refractivity contribution is -0.147. The maximum Gasteiger partial charge on any atom is 0.310 e. The molecule has 2 aliphatic rings. The fourth-order valence-corrected chi connectivity index (χ4v) is 5.16. The van der Waals surface area contributed by atoms with Crippen LogP contribution in [0.2, 0.25) is 0 Å². The van der Waals surface area contributed by atoms with Gasteiger partial charge in [0.2, 0.25) is 0 Å². The smallest absolute Gasteiger partial charge is 0.310 e. The Bertz CT molecular complexity index is 941. The van der Waals surface area contributed by atoms with Crippen LogP contribution in [0.4, 0.5) is 0 Å². The van der Waals surface area contributed by atoms with E-state index in [-0.39, 0.29) is 23.2 Å². The number of fused-ring (bicyclic) bond motifs is 3. The van der Waals surface area contributed by atoms with E-state index in [0.717, 1.165) is 28.2 Å². The second-order valence-electron chi connectivity index (χ2n) is 8.34. The van der Waals surface area contributed by atoms with Gasteiger partial charge in [-0.15, -0.1) is 0 Å². The first-order valence-electron chi connectivity index (χ1n) is 9.78. The molecule has 146 valence electrons. The summed E-state index contributed by atoms with van der Waals surface area (Å²) >= 11 is 6.81. The second kappa shape index (κ2) is 7.79. The molecule has 0 aromatic heterocycles. The first-order valence-corrected chi connectivity index (χ1v) is 11.4. The van der Waals surface area contributed by atoms with Crippen LogP contribution in [0.5, 0.6) is 0 Å². The molecule has 0 heterocycles. The van der Waals surface area contributed by atoms with Gasteiger partial charge in [-0.3, -0.25) is 4.79 Å². The van der Waals surface area contributed by atoms with Crippen molar-refractivity contribution < 1.29 is 9.53 Å². The first-order chi connectivity index (χ1) is 13.4. The lowest BCUT2D eigenvalue weighted by atomic mass is 9.93. The first kappa shape index (κ1) is 19.9. The number of carbonyl (C=O) groups excluding carboxylic acids is 1.